The molecule has 13 heavy (non-hydrogen) atoms. The first-order valence-corrected chi connectivity index (χ1v) is 6.71. The molecule has 70 valence electrons. The lowest BCUT2D eigenvalue weighted by Gasteiger charge is -2.27. The van der Waals surface area contributed by atoms with Crippen LogP contribution in [0.25, 0.3) is 0 Å². The van der Waals surface area contributed by atoms with Gasteiger partial charge in [-0.25, -0.2) is 0 Å². The number of carbonyl (C=O) groups is 1. The molecule has 1 heterocycles. The fourth-order valence-corrected chi connectivity index (χ4v) is 4.82. The molecule has 2 rings (SSSR count). The van der Waals surface area contributed by atoms with Gasteiger partial charge in [-0.1, -0.05) is 46.7 Å². The van der Waals surface area contributed by atoms with Gasteiger partial charge in [0, 0.05) is 11.3 Å². The van der Waals surface area contributed by atoms with E-state index in [2.05, 4.69) is 13.8 Å². The predicted molar refractivity (Wildman–Crippen MR) is 59.5 cm³/mol. The van der Waals surface area contributed by atoms with Crippen LogP contribution in [0.3, 0.4) is 0 Å². The van der Waals surface area contributed by atoms with Gasteiger partial charge in [-0.05, 0) is 11.8 Å². The number of hydrogen-bond donors (Lipinski definition) is 0. The molecule has 0 aliphatic heterocycles. The molecule has 0 saturated carbocycles. The fourth-order valence-electron chi connectivity index (χ4n) is 1.69. The molecule has 1 aromatic heterocycles. The van der Waals surface area contributed by atoms with Crippen molar-refractivity contribution >= 4 is 38.7 Å². The summed E-state index contributed by atoms with van der Waals surface area (Å²) >= 11 is 5.13. The summed E-state index contributed by atoms with van der Waals surface area (Å²) in [5, 5.41) is 0. The molecule has 1 aromatic rings. The molecule has 0 unspecified atom stereocenters. The van der Waals surface area contributed by atoms with Gasteiger partial charge in [-0.15, -0.1) is 0 Å². The number of hydrogen-bond acceptors (Lipinski definition) is 4. The zero-order valence-corrected chi connectivity index (χ0v) is 10.00. The van der Waals surface area contributed by atoms with Gasteiger partial charge in [0.25, 0.3) is 0 Å². The highest BCUT2D eigenvalue weighted by Gasteiger charge is 2.32. The zero-order valence-electron chi connectivity index (χ0n) is 7.55. The summed E-state index contributed by atoms with van der Waals surface area (Å²) in [5.41, 5.74) is 0.980. The van der Waals surface area contributed by atoms with E-state index in [1.54, 1.807) is 20.7 Å². The van der Waals surface area contributed by atoms with Gasteiger partial charge in [0.1, 0.15) is 3.82 Å². The minimum absolute atomic E-state index is 0.128. The number of fused-ring (bicyclic) bond motifs is 1. The largest absolute Gasteiger partial charge is 0.294 e. The standard InChI is InChI=1S/C9H10OS3/c1-9(2)3-5(10)7-6(4-9)12-13-8(7)11/h3-4H2,1-2H3. The molecule has 1 aliphatic carbocycles. The van der Waals surface area contributed by atoms with Crippen molar-refractivity contribution in [2.75, 3.05) is 0 Å². The highest BCUT2D eigenvalue weighted by Crippen LogP contribution is 2.39. The van der Waals surface area contributed by atoms with Crippen LogP contribution in [-0.2, 0) is 6.42 Å². The van der Waals surface area contributed by atoms with Crippen LogP contribution in [0.15, 0.2) is 0 Å². The van der Waals surface area contributed by atoms with Gasteiger partial charge < -0.3 is 0 Å². The van der Waals surface area contributed by atoms with E-state index in [0.717, 1.165) is 15.8 Å². The minimum atomic E-state index is 0.128. The Hall–Kier alpha value is -0.0600. The lowest BCUT2D eigenvalue weighted by atomic mass is 9.77. The second-order valence-electron chi connectivity index (χ2n) is 4.19. The summed E-state index contributed by atoms with van der Waals surface area (Å²) in [6.07, 6.45) is 1.65. The highest BCUT2D eigenvalue weighted by molar-refractivity contribution is 7.79. The van der Waals surface area contributed by atoms with Crippen molar-refractivity contribution in [3.63, 3.8) is 0 Å². The average molecular weight is 230 g/mol. The SMILES string of the molecule is CC1(C)CC(=O)c2c(ssc2=S)C1. The van der Waals surface area contributed by atoms with Crippen molar-refractivity contribution < 1.29 is 4.79 Å². The maximum atomic E-state index is 11.7. The van der Waals surface area contributed by atoms with E-state index in [1.165, 1.54) is 4.88 Å². The number of carbonyl (C=O) groups excluding carboxylic acids is 1. The topological polar surface area (TPSA) is 17.1 Å². The van der Waals surface area contributed by atoms with E-state index < -0.39 is 0 Å². The van der Waals surface area contributed by atoms with Crippen LogP contribution in [0, 0.1) is 9.24 Å². The van der Waals surface area contributed by atoms with Gasteiger partial charge >= 0.3 is 0 Å². The van der Waals surface area contributed by atoms with Crippen molar-refractivity contribution in [3.05, 3.63) is 14.3 Å². The van der Waals surface area contributed by atoms with Crippen LogP contribution in [0.4, 0.5) is 0 Å². The Kier molecular flexibility index (Phi) is 2.17. The van der Waals surface area contributed by atoms with Gasteiger partial charge in [0.15, 0.2) is 5.78 Å². The Balaban J connectivity index is 2.57. The Morgan fingerprint density at radius 2 is 2.00 bits per heavy atom. The molecule has 0 bridgehead atoms. The molecule has 0 aromatic carbocycles. The quantitative estimate of drug-likeness (QED) is 0.499. The second kappa shape index (κ2) is 2.97. The molecule has 0 saturated heterocycles. The van der Waals surface area contributed by atoms with E-state index in [-0.39, 0.29) is 11.2 Å². The van der Waals surface area contributed by atoms with Crippen molar-refractivity contribution in [3.8, 4) is 0 Å². The van der Waals surface area contributed by atoms with E-state index in [9.17, 15) is 4.79 Å². The van der Waals surface area contributed by atoms with Gasteiger partial charge in [0.05, 0.1) is 5.56 Å². The molecular formula is C9H10OS3. The van der Waals surface area contributed by atoms with E-state index >= 15 is 0 Å². The van der Waals surface area contributed by atoms with Crippen LogP contribution in [0.2, 0.25) is 0 Å². The van der Waals surface area contributed by atoms with Gasteiger partial charge in [-0.2, -0.15) is 0 Å². The van der Waals surface area contributed by atoms with Crippen LogP contribution < -0.4 is 0 Å². The van der Waals surface area contributed by atoms with Gasteiger partial charge in [-0.3, -0.25) is 4.79 Å². The van der Waals surface area contributed by atoms with Crippen molar-refractivity contribution in [1.82, 2.24) is 0 Å². The van der Waals surface area contributed by atoms with Crippen molar-refractivity contribution in [2.45, 2.75) is 26.7 Å². The lowest BCUT2D eigenvalue weighted by Crippen LogP contribution is -2.25. The third-order valence-corrected chi connectivity index (χ3v) is 5.37. The summed E-state index contributed by atoms with van der Waals surface area (Å²) < 4.78 is 0.792. The van der Waals surface area contributed by atoms with Crippen molar-refractivity contribution in [2.24, 2.45) is 5.41 Å². The number of ketones is 1. The second-order valence-corrected chi connectivity index (χ2v) is 7.09. The number of rotatable bonds is 0. The monoisotopic (exact) mass is 230 g/mol. The summed E-state index contributed by atoms with van der Waals surface area (Å²) in [6, 6.07) is 0. The Morgan fingerprint density at radius 1 is 1.31 bits per heavy atom. The molecule has 0 N–H and O–H groups in total. The van der Waals surface area contributed by atoms with Crippen LogP contribution in [0.1, 0.15) is 35.5 Å². The van der Waals surface area contributed by atoms with E-state index in [4.69, 9.17) is 12.2 Å². The average Bonchev–Trinajstić information content (AvgIpc) is 2.28. The molecule has 0 spiro atoms. The Morgan fingerprint density at radius 3 is 2.69 bits per heavy atom. The first-order valence-electron chi connectivity index (χ1n) is 4.15. The van der Waals surface area contributed by atoms with Crippen LogP contribution in [0.5, 0.6) is 0 Å². The maximum absolute atomic E-state index is 11.7. The van der Waals surface area contributed by atoms with Crippen LogP contribution in [-0.4, -0.2) is 5.78 Å². The molecule has 0 amide bonds. The zero-order chi connectivity index (χ0) is 9.64. The first-order chi connectivity index (χ1) is 5.99. The summed E-state index contributed by atoms with van der Waals surface area (Å²) in [6.45, 7) is 4.28. The first kappa shape index (κ1) is 9.49. The Bertz CT molecular complexity index is 411. The molecule has 0 radical (unpaired) electrons. The normalized spacial score (nSPS) is 20.0. The molecule has 0 atom stereocenters. The predicted octanol–water partition coefficient (Wildman–Crippen LogP) is 3.69. The van der Waals surface area contributed by atoms with E-state index in [0.29, 0.717) is 6.42 Å². The molecule has 1 aliphatic rings. The van der Waals surface area contributed by atoms with Crippen molar-refractivity contribution in [1.29, 1.82) is 0 Å². The summed E-state index contributed by atoms with van der Waals surface area (Å²) in [5.74, 6) is 0.244. The Labute approximate surface area is 89.8 Å². The summed E-state index contributed by atoms with van der Waals surface area (Å²) in [4.78, 5) is 12.9. The van der Waals surface area contributed by atoms with E-state index in [1.807, 2.05) is 0 Å². The molecule has 1 nitrogen and oxygen atoms in total. The smallest absolute Gasteiger partial charge is 0.166 e. The molecule has 4 heteroatoms. The third kappa shape index (κ3) is 1.63. The molecular weight excluding hydrogens is 220 g/mol. The van der Waals surface area contributed by atoms with Crippen LogP contribution >= 0.6 is 32.9 Å². The highest BCUT2D eigenvalue weighted by atomic mass is 32.9. The summed E-state index contributed by atoms with van der Waals surface area (Å²) in [7, 11) is 3.24. The molecule has 0 fully saturated rings. The lowest BCUT2D eigenvalue weighted by molar-refractivity contribution is 0.0914. The maximum Gasteiger partial charge on any atom is 0.166 e. The van der Waals surface area contributed by atoms with Gasteiger partial charge in [0.2, 0.25) is 0 Å². The fraction of sp³-hybridized carbons (Fsp3) is 0.556. The third-order valence-electron chi connectivity index (χ3n) is 2.26. The minimum Gasteiger partial charge on any atom is -0.294 e. The number of Topliss-reactive ketones (excluding diaryl/α,β-unsaturated/α-hetero) is 1.